The van der Waals surface area contributed by atoms with E-state index in [4.69, 9.17) is 14.9 Å². The summed E-state index contributed by atoms with van der Waals surface area (Å²) in [5.41, 5.74) is 7.41. The van der Waals surface area contributed by atoms with Crippen molar-refractivity contribution < 1.29 is 9.15 Å². The minimum Gasteiger partial charge on any atom is -0.466 e. The van der Waals surface area contributed by atoms with Crippen LogP contribution in [0, 0.1) is 19.8 Å². The van der Waals surface area contributed by atoms with Crippen molar-refractivity contribution in [2.24, 2.45) is 11.7 Å². The third-order valence-corrected chi connectivity index (χ3v) is 3.66. The smallest absolute Gasteiger partial charge is 0.105 e. The average Bonchev–Trinajstić information content (AvgIpc) is 2.54. The molecule has 17 heavy (non-hydrogen) atoms. The summed E-state index contributed by atoms with van der Waals surface area (Å²) in [4.78, 5) is 0. The van der Waals surface area contributed by atoms with Crippen molar-refractivity contribution in [3.8, 4) is 0 Å². The molecule has 2 N–H and O–H groups in total. The molecule has 1 aliphatic carbocycles. The Hall–Kier alpha value is -0.800. The van der Waals surface area contributed by atoms with Crippen molar-refractivity contribution in [2.45, 2.75) is 52.2 Å². The van der Waals surface area contributed by atoms with Crippen LogP contribution >= 0.6 is 0 Å². The lowest BCUT2D eigenvalue weighted by molar-refractivity contribution is -0.0282. The molecule has 0 amide bonds. The van der Waals surface area contributed by atoms with Crippen molar-refractivity contribution in [3.05, 3.63) is 23.2 Å². The molecule has 0 radical (unpaired) electrons. The Morgan fingerprint density at radius 1 is 1.47 bits per heavy atom. The number of aryl methyl sites for hydroxylation is 2. The molecule has 0 saturated heterocycles. The third-order valence-electron chi connectivity index (χ3n) is 3.66. The van der Waals surface area contributed by atoms with Crippen LogP contribution in [0.5, 0.6) is 0 Å². The van der Waals surface area contributed by atoms with Gasteiger partial charge >= 0.3 is 0 Å². The number of nitrogens with two attached hydrogens (primary N) is 1. The second kappa shape index (κ2) is 5.23. The summed E-state index contributed by atoms with van der Waals surface area (Å²) in [7, 11) is 0. The van der Waals surface area contributed by atoms with Gasteiger partial charge in [0.05, 0.1) is 6.10 Å². The van der Waals surface area contributed by atoms with Crippen LogP contribution in [-0.2, 0) is 4.74 Å². The standard InChI is InChI=1S/C14H23NO2/c1-4-16-12-6-11(7-12)8-14(15)13-5-9(2)17-10(13)3/h5,11-12,14H,4,6-8,15H2,1-3H3. The van der Waals surface area contributed by atoms with E-state index in [0.29, 0.717) is 6.10 Å². The summed E-state index contributed by atoms with van der Waals surface area (Å²) < 4.78 is 11.1. The Morgan fingerprint density at radius 3 is 2.71 bits per heavy atom. The van der Waals surface area contributed by atoms with E-state index in [1.54, 1.807) is 0 Å². The predicted octanol–water partition coefficient (Wildman–Crippen LogP) is 3.10. The van der Waals surface area contributed by atoms with Gasteiger partial charge in [-0.2, -0.15) is 0 Å². The number of furan rings is 1. The van der Waals surface area contributed by atoms with E-state index in [2.05, 4.69) is 13.0 Å². The van der Waals surface area contributed by atoms with Crippen LogP contribution in [0.15, 0.2) is 10.5 Å². The first kappa shape index (κ1) is 12.7. The molecule has 0 bridgehead atoms. The Labute approximate surface area is 103 Å². The second-order valence-corrected chi connectivity index (χ2v) is 5.13. The maximum absolute atomic E-state index is 6.24. The highest BCUT2D eigenvalue weighted by Crippen LogP contribution is 2.37. The van der Waals surface area contributed by atoms with Gasteiger partial charge in [0.2, 0.25) is 0 Å². The van der Waals surface area contributed by atoms with Gasteiger partial charge in [-0.15, -0.1) is 0 Å². The maximum atomic E-state index is 6.24. The van der Waals surface area contributed by atoms with Crippen LogP contribution in [0.3, 0.4) is 0 Å². The molecular weight excluding hydrogens is 214 g/mol. The Kier molecular flexibility index (Phi) is 3.89. The molecule has 0 spiro atoms. The molecule has 2 rings (SSSR count). The highest BCUT2D eigenvalue weighted by molar-refractivity contribution is 5.23. The van der Waals surface area contributed by atoms with E-state index in [1.165, 1.54) is 5.56 Å². The summed E-state index contributed by atoms with van der Waals surface area (Å²) >= 11 is 0. The molecule has 1 atom stereocenters. The topological polar surface area (TPSA) is 48.4 Å². The molecular formula is C14H23NO2. The molecule has 1 saturated carbocycles. The fraction of sp³-hybridized carbons (Fsp3) is 0.714. The largest absolute Gasteiger partial charge is 0.466 e. The fourth-order valence-corrected chi connectivity index (χ4v) is 2.74. The summed E-state index contributed by atoms with van der Waals surface area (Å²) in [6, 6.07) is 2.18. The van der Waals surface area contributed by atoms with Gasteiger partial charge in [0.25, 0.3) is 0 Å². The van der Waals surface area contributed by atoms with Gasteiger partial charge < -0.3 is 14.9 Å². The molecule has 3 nitrogen and oxygen atoms in total. The monoisotopic (exact) mass is 237 g/mol. The minimum atomic E-state index is 0.111. The van der Waals surface area contributed by atoms with E-state index >= 15 is 0 Å². The van der Waals surface area contributed by atoms with Crippen molar-refractivity contribution in [3.63, 3.8) is 0 Å². The summed E-state index contributed by atoms with van der Waals surface area (Å²) in [5, 5.41) is 0. The first-order chi connectivity index (χ1) is 8.10. The highest BCUT2D eigenvalue weighted by atomic mass is 16.5. The SMILES string of the molecule is CCOC1CC(CC(N)c2cc(C)oc2C)C1. The molecule has 3 heteroatoms. The van der Waals surface area contributed by atoms with Crippen LogP contribution in [0.4, 0.5) is 0 Å². The second-order valence-electron chi connectivity index (χ2n) is 5.13. The van der Waals surface area contributed by atoms with Crippen LogP contribution < -0.4 is 5.73 Å². The van der Waals surface area contributed by atoms with Crippen LogP contribution in [0.25, 0.3) is 0 Å². The van der Waals surface area contributed by atoms with Gasteiger partial charge in [0.1, 0.15) is 11.5 Å². The lowest BCUT2D eigenvalue weighted by Crippen LogP contribution is -2.33. The van der Waals surface area contributed by atoms with Gasteiger partial charge in [0.15, 0.2) is 0 Å². The van der Waals surface area contributed by atoms with E-state index in [1.807, 2.05) is 13.8 Å². The molecule has 1 fully saturated rings. The van der Waals surface area contributed by atoms with Crippen molar-refractivity contribution in [2.75, 3.05) is 6.61 Å². The summed E-state index contributed by atoms with van der Waals surface area (Å²) in [6.07, 6.45) is 3.85. The van der Waals surface area contributed by atoms with E-state index in [-0.39, 0.29) is 6.04 Å². The zero-order valence-corrected chi connectivity index (χ0v) is 11.0. The van der Waals surface area contributed by atoms with E-state index < -0.39 is 0 Å². The maximum Gasteiger partial charge on any atom is 0.105 e. The van der Waals surface area contributed by atoms with Gasteiger partial charge in [0, 0.05) is 18.2 Å². The quantitative estimate of drug-likeness (QED) is 0.856. The van der Waals surface area contributed by atoms with Gasteiger partial charge in [-0.25, -0.2) is 0 Å². The van der Waals surface area contributed by atoms with Gasteiger partial charge in [-0.1, -0.05) is 0 Å². The average molecular weight is 237 g/mol. The Bertz CT molecular complexity index is 366. The zero-order valence-electron chi connectivity index (χ0n) is 11.0. The molecule has 1 heterocycles. The number of ether oxygens (including phenoxy) is 1. The fourth-order valence-electron chi connectivity index (χ4n) is 2.74. The lowest BCUT2D eigenvalue weighted by Gasteiger charge is -2.36. The van der Waals surface area contributed by atoms with Crippen LogP contribution in [0.2, 0.25) is 0 Å². The first-order valence-electron chi connectivity index (χ1n) is 6.54. The van der Waals surface area contributed by atoms with Crippen LogP contribution in [-0.4, -0.2) is 12.7 Å². The number of hydrogen-bond acceptors (Lipinski definition) is 3. The number of rotatable bonds is 5. The summed E-state index contributed by atoms with van der Waals surface area (Å²) in [5.74, 6) is 2.64. The van der Waals surface area contributed by atoms with E-state index in [0.717, 1.165) is 43.3 Å². The predicted molar refractivity (Wildman–Crippen MR) is 67.9 cm³/mol. The zero-order chi connectivity index (χ0) is 12.4. The van der Waals surface area contributed by atoms with Gasteiger partial charge in [-0.3, -0.25) is 0 Å². The molecule has 0 aliphatic heterocycles. The van der Waals surface area contributed by atoms with Crippen molar-refractivity contribution >= 4 is 0 Å². The molecule has 96 valence electrons. The van der Waals surface area contributed by atoms with Gasteiger partial charge in [-0.05, 0) is 52.0 Å². The molecule has 0 aromatic carbocycles. The molecule has 1 aromatic heterocycles. The number of hydrogen-bond donors (Lipinski definition) is 1. The minimum absolute atomic E-state index is 0.111. The Balaban J connectivity index is 1.82. The van der Waals surface area contributed by atoms with E-state index in [9.17, 15) is 0 Å². The van der Waals surface area contributed by atoms with Crippen molar-refractivity contribution in [1.29, 1.82) is 0 Å². The Morgan fingerprint density at radius 2 is 2.18 bits per heavy atom. The third kappa shape index (κ3) is 2.90. The lowest BCUT2D eigenvalue weighted by atomic mass is 9.77. The summed E-state index contributed by atoms with van der Waals surface area (Å²) in [6.45, 7) is 6.84. The van der Waals surface area contributed by atoms with Crippen LogP contribution in [0.1, 0.15) is 49.3 Å². The first-order valence-corrected chi connectivity index (χ1v) is 6.54. The molecule has 1 aromatic rings. The normalized spacial score (nSPS) is 25.6. The molecule has 1 aliphatic rings. The molecule has 1 unspecified atom stereocenters. The highest BCUT2D eigenvalue weighted by Gasteiger charge is 2.31. The van der Waals surface area contributed by atoms with Crippen molar-refractivity contribution in [1.82, 2.24) is 0 Å².